The maximum absolute atomic E-state index is 11.2. The van der Waals surface area contributed by atoms with Gasteiger partial charge in [0.2, 0.25) is 0 Å². The predicted octanol–water partition coefficient (Wildman–Crippen LogP) is 4.02. The minimum atomic E-state index is -0.833. The third-order valence-electron chi connectivity index (χ3n) is 4.29. The number of ether oxygens (including phenoxy) is 1. The van der Waals surface area contributed by atoms with E-state index < -0.39 is 5.97 Å². The molecule has 0 radical (unpaired) electrons. The fourth-order valence-electron chi connectivity index (χ4n) is 2.87. The Bertz CT molecular complexity index is 311. The minimum absolute atomic E-state index is 0. The van der Waals surface area contributed by atoms with Crippen molar-refractivity contribution in [1.29, 1.82) is 0 Å². The van der Waals surface area contributed by atoms with Gasteiger partial charge in [0.25, 0.3) is 5.97 Å². The van der Waals surface area contributed by atoms with E-state index in [4.69, 9.17) is 14.6 Å². The van der Waals surface area contributed by atoms with E-state index in [9.17, 15) is 4.79 Å². The monoisotopic (exact) mass is 396 g/mol. The first-order chi connectivity index (χ1) is 12.5. The average molecular weight is 397 g/mol. The summed E-state index contributed by atoms with van der Waals surface area (Å²) in [6.45, 7) is 5.74. The van der Waals surface area contributed by atoms with E-state index in [0.29, 0.717) is 13.0 Å². The summed E-state index contributed by atoms with van der Waals surface area (Å²) in [5.41, 5.74) is 0. The summed E-state index contributed by atoms with van der Waals surface area (Å²) in [5.74, 6) is -0.864. The van der Waals surface area contributed by atoms with E-state index in [1.54, 1.807) is 0 Å². The smallest absolute Gasteiger partial charge is 1.00 e. The molecule has 0 aliphatic carbocycles. The molecule has 0 saturated heterocycles. The average Bonchev–Trinajstić information content (AvgIpc) is 2.58. The Kier molecular flexibility index (Phi) is 33.0. The number of aliphatic carboxylic acids is 1. The summed E-state index contributed by atoms with van der Waals surface area (Å²) in [6.07, 6.45) is 21.0. The first-order valence-electron chi connectivity index (χ1n) is 10.9. The van der Waals surface area contributed by atoms with E-state index in [2.05, 4.69) is 6.92 Å². The second-order valence-corrected chi connectivity index (χ2v) is 7.02. The van der Waals surface area contributed by atoms with Gasteiger partial charge in [-0.25, -0.2) is 0 Å². The molecular weight excluding hydrogens is 351 g/mol. The first-order valence-corrected chi connectivity index (χ1v) is 10.9. The van der Waals surface area contributed by atoms with Crippen molar-refractivity contribution in [2.45, 2.75) is 124 Å². The van der Waals surface area contributed by atoms with E-state index in [1.165, 1.54) is 89.9 Å². The van der Waals surface area contributed by atoms with Gasteiger partial charge >= 0.3 is 35.5 Å². The maximum atomic E-state index is 11.2. The van der Waals surface area contributed by atoms with Crippen molar-refractivity contribution in [2.75, 3.05) is 6.61 Å². The molecule has 0 spiro atoms. The van der Waals surface area contributed by atoms with Crippen molar-refractivity contribution in [3.63, 3.8) is 0 Å². The Balaban J connectivity index is -0.000000435. The normalized spacial score (nSPS) is 9.74. The third kappa shape index (κ3) is 37.4. The topological polar surface area (TPSA) is 63.6 Å². The molecule has 0 amide bonds. The van der Waals surface area contributed by atoms with Gasteiger partial charge in [-0.1, -0.05) is 96.8 Å². The Labute approximate surface area is 192 Å². The molecule has 0 unspecified atom stereocenters. The van der Waals surface area contributed by atoms with Crippen LogP contribution in [0.5, 0.6) is 0 Å². The fourth-order valence-corrected chi connectivity index (χ4v) is 2.87. The molecule has 5 heteroatoms. The summed E-state index contributed by atoms with van der Waals surface area (Å²) in [4.78, 5) is 20.2. The molecule has 0 aromatic rings. The molecule has 4 nitrogen and oxygen atoms in total. The van der Waals surface area contributed by atoms with E-state index in [-0.39, 0.29) is 37.0 Å². The number of rotatable bonds is 17. The van der Waals surface area contributed by atoms with Crippen LogP contribution in [0.3, 0.4) is 0 Å². The number of carbonyl (C=O) groups excluding carboxylic acids is 1. The zero-order chi connectivity index (χ0) is 19.9. The molecule has 0 aliphatic rings. The van der Waals surface area contributed by atoms with E-state index >= 15 is 0 Å². The van der Waals surface area contributed by atoms with Crippen molar-refractivity contribution >= 4 is 11.9 Å². The third-order valence-corrected chi connectivity index (χ3v) is 4.29. The molecule has 27 heavy (non-hydrogen) atoms. The predicted molar refractivity (Wildman–Crippen MR) is 111 cm³/mol. The van der Waals surface area contributed by atoms with Gasteiger partial charge < -0.3 is 11.3 Å². The standard InChI is InChI=1S/C20H40O2.C2H4O2.Na.H/c1-3-5-6-7-8-9-10-11-12-13-14-15-16-17-18-19-20(21)22-4-2;1-2(3)4;;/h3-19H2,1-2H3;1H3,(H,3,4);;/q;;+1;-1. The number of hydrogen-bond donors (Lipinski definition) is 1. The summed E-state index contributed by atoms with van der Waals surface area (Å²) < 4.78 is 4.92. The van der Waals surface area contributed by atoms with Gasteiger partial charge in [0.05, 0.1) is 6.61 Å². The van der Waals surface area contributed by atoms with Gasteiger partial charge in [0, 0.05) is 13.3 Å². The molecule has 0 saturated carbocycles. The zero-order valence-electron chi connectivity index (χ0n) is 19.7. The molecule has 0 heterocycles. The number of carbonyl (C=O) groups is 2. The van der Waals surface area contributed by atoms with Crippen LogP contribution < -0.4 is 29.6 Å². The van der Waals surface area contributed by atoms with Crippen LogP contribution in [-0.2, 0) is 14.3 Å². The Morgan fingerprint density at radius 3 is 1.30 bits per heavy atom. The fraction of sp³-hybridized carbons (Fsp3) is 0.909. The first kappa shape index (κ1) is 31.6. The molecule has 0 aromatic heterocycles. The Hall–Kier alpha value is -0.0600. The van der Waals surface area contributed by atoms with Crippen LogP contribution in [0.25, 0.3) is 0 Å². The van der Waals surface area contributed by atoms with Crippen molar-refractivity contribution in [3.05, 3.63) is 0 Å². The number of unbranched alkanes of at least 4 members (excludes halogenated alkanes) is 14. The van der Waals surface area contributed by atoms with Gasteiger partial charge in [0.1, 0.15) is 0 Å². The van der Waals surface area contributed by atoms with Crippen molar-refractivity contribution in [1.82, 2.24) is 0 Å². The SMILES string of the molecule is CC(=O)O.CCCCCCCCCCCCCCCCCC(=O)OCC.[H-].[Na+]. The van der Waals surface area contributed by atoms with Crippen molar-refractivity contribution < 1.29 is 50.4 Å². The molecule has 0 rings (SSSR count). The van der Waals surface area contributed by atoms with Crippen LogP contribution >= 0.6 is 0 Å². The number of esters is 1. The quantitative estimate of drug-likeness (QED) is 0.229. The van der Waals surface area contributed by atoms with Gasteiger partial charge in [-0.2, -0.15) is 0 Å². The Morgan fingerprint density at radius 2 is 1.00 bits per heavy atom. The number of carboxylic acids is 1. The largest absolute Gasteiger partial charge is 1.00 e. The van der Waals surface area contributed by atoms with Gasteiger partial charge in [-0.3, -0.25) is 9.59 Å². The number of carboxylic acid groups (broad SMARTS) is 1. The van der Waals surface area contributed by atoms with Crippen LogP contribution in [0.1, 0.15) is 125 Å². The van der Waals surface area contributed by atoms with Gasteiger partial charge in [-0.05, 0) is 13.3 Å². The molecular formula is C22H45NaO4. The summed E-state index contributed by atoms with van der Waals surface area (Å²) in [6, 6.07) is 0. The molecule has 0 aliphatic heterocycles. The van der Waals surface area contributed by atoms with Crippen LogP contribution in [-0.4, -0.2) is 23.7 Å². The van der Waals surface area contributed by atoms with E-state index in [0.717, 1.165) is 13.3 Å². The minimum Gasteiger partial charge on any atom is -1.00 e. The maximum Gasteiger partial charge on any atom is 1.00 e. The van der Waals surface area contributed by atoms with Gasteiger partial charge in [0.15, 0.2) is 0 Å². The number of hydrogen-bond acceptors (Lipinski definition) is 3. The molecule has 158 valence electrons. The molecule has 0 bridgehead atoms. The second kappa shape index (κ2) is 28.2. The van der Waals surface area contributed by atoms with Crippen LogP contribution in [0.15, 0.2) is 0 Å². The van der Waals surface area contributed by atoms with Crippen molar-refractivity contribution in [3.8, 4) is 0 Å². The molecule has 0 atom stereocenters. The van der Waals surface area contributed by atoms with Crippen LogP contribution in [0.2, 0.25) is 0 Å². The summed E-state index contributed by atoms with van der Waals surface area (Å²) in [5, 5.41) is 7.42. The van der Waals surface area contributed by atoms with Crippen LogP contribution in [0.4, 0.5) is 0 Å². The second-order valence-electron chi connectivity index (χ2n) is 7.02. The van der Waals surface area contributed by atoms with Gasteiger partial charge in [-0.15, -0.1) is 0 Å². The molecule has 0 aromatic carbocycles. The molecule has 0 fully saturated rings. The molecule has 1 N–H and O–H groups in total. The van der Waals surface area contributed by atoms with Crippen molar-refractivity contribution in [2.24, 2.45) is 0 Å². The summed E-state index contributed by atoms with van der Waals surface area (Å²) in [7, 11) is 0. The van der Waals surface area contributed by atoms with Crippen LogP contribution in [0, 0.1) is 0 Å². The zero-order valence-corrected chi connectivity index (χ0v) is 20.7. The summed E-state index contributed by atoms with van der Waals surface area (Å²) >= 11 is 0. The van der Waals surface area contributed by atoms with E-state index in [1.807, 2.05) is 6.92 Å². The Morgan fingerprint density at radius 1 is 0.704 bits per heavy atom.